The van der Waals surface area contributed by atoms with Crippen molar-refractivity contribution in [3.8, 4) is 28.3 Å². The van der Waals surface area contributed by atoms with Crippen LogP contribution in [0.25, 0.3) is 22.3 Å². The van der Waals surface area contributed by atoms with Crippen molar-refractivity contribution in [2.24, 2.45) is 0 Å². The van der Waals surface area contributed by atoms with Gasteiger partial charge in [-0.2, -0.15) is 4.98 Å². The fraction of sp³-hybridized carbons (Fsp3) is 0.156. The first-order chi connectivity index (χ1) is 20.8. The summed E-state index contributed by atoms with van der Waals surface area (Å²) >= 11 is 1.27. The molecule has 0 atom stereocenters. The minimum Gasteiger partial charge on any atom is -0.467 e. The van der Waals surface area contributed by atoms with Crippen LogP contribution in [0.5, 0.6) is 6.01 Å². The van der Waals surface area contributed by atoms with Gasteiger partial charge in [0.1, 0.15) is 18.2 Å². The predicted octanol–water partition coefficient (Wildman–Crippen LogP) is 5.61. The lowest BCUT2D eigenvalue weighted by Crippen LogP contribution is -2.31. The van der Waals surface area contributed by atoms with Crippen LogP contribution in [-0.4, -0.2) is 44.5 Å². The summed E-state index contributed by atoms with van der Waals surface area (Å²) in [6.45, 7) is 0.278. The molecule has 0 bridgehead atoms. The number of carbonyl (C=O) groups excluding carboxylic acids is 1. The van der Waals surface area contributed by atoms with E-state index in [1.807, 2.05) is 24.3 Å². The molecule has 0 aliphatic rings. The van der Waals surface area contributed by atoms with Crippen molar-refractivity contribution >= 4 is 17.7 Å². The summed E-state index contributed by atoms with van der Waals surface area (Å²) in [6.07, 6.45) is 4.50. The van der Waals surface area contributed by atoms with Crippen LogP contribution in [0.3, 0.4) is 0 Å². The average molecular weight is 600 g/mol. The van der Waals surface area contributed by atoms with Gasteiger partial charge in [0.25, 0.3) is 5.56 Å². The van der Waals surface area contributed by atoms with Gasteiger partial charge in [0.15, 0.2) is 5.16 Å². The number of aromatic nitrogens is 4. The second-order valence-electron chi connectivity index (χ2n) is 9.70. The molecule has 0 unspecified atom stereocenters. The molecular formula is C32H27F2N5O3S. The van der Waals surface area contributed by atoms with Gasteiger partial charge in [-0.1, -0.05) is 60.3 Å². The van der Waals surface area contributed by atoms with Gasteiger partial charge in [0, 0.05) is 43.5 Å². The number of carbonyl (C=O) groups is 1. The maximum Gasteiger partial charge on any atom is 0.316 e. The van der Waals surface area contributed by atoms with Crippen LogP contribution in [0.4, 0.5) is 8.78 Å². The number of hydrogen-bond donors (Lipinski definition) is 0. The number of ether oxygens (including phenoxy) is 1. The molecular weight excluding hydrogens is 572 g/mol. The van der Waals surface area contributed by atoms with Gasteiger partial charge < -0.3 is 14.2 Å². The Balaban J connectivity index is 1.35. The Morgan fingerprint density at radius 1 is 0.860 bits per heavy atom. The Kier molecular flexibility index (Phi) is 9.21. The maximum absolute atomic E-state index is 13.4. The minimum atomic E-state index is -0.492. The van der Waals surface area contributed by atoms with Crippen LogP contribution in [-0.2, 0) is 23.6 Å². The third kappa shape index (κ3) is 7.49. The molecule has 43 heavy (non-hydrogen) atoms. The molecule has 2 aromatic heterocycles. The number of thioether (sulfide) groups is 1. The first-order valence-electron chi connectivity index (χ1n) is 13.2. The standard InChI is InChI=1S/C32H27F2N5O3S/c1-38(17-21-3-7-23(8-4-21)24-9-13-27(34)14-10-24)29(40)19-39-18-28(25-15-35-31(42-2)36-16-25)30(41)37-32(39)43-20-22-5-11-26(33)12-6-22/h3-16,18H,17,19-20H2,1-2H3. The SMILES string of the molecule is COc1ncc(-c2cn(CC(=O)N(C)Cc3ccc(-c4ccc(F)cc4)cc3)c(SCc3ccc(F)cc3)nc2=O)cn1. The fourth-order valence-electron chi connectivity index (χ4n) is 4.27. The predicted molar refractivity (Wildman–Crippen MR) is 160 cm³/mol. The second kappa shape index (κ2) is 13.4. The van der Waals surface area contributed by atoms with Gasteiger partial charge in [0.05, 0.1) is 12.7 Å². The Morgan fingerprint density at radius 2 is 1.42 bits per heavy atom. The van der Waals surface area contributed by atoms with E-state index in [9.17, 15) is 18.4 Å². The Labute approximate surface area is 251 Å². The smallest absolute Gasteiger partial charge is 0.316 e. The van der Waals surface area contributed by atoms with E-state index in [2.05, 4.69) is 15.0 Å². The van der Waals surface area contributed by atoms with Gasteiger partial charge in [0.2, 0.25) is 5.91 Å². The molecule has 0 fully saturated rings. The molecule has 0 N–H and O–H groups in total. The molecule has 0 aliphatic carbocycles. The highest BCUT2D eigenvalue weighted by atomic mass is 32.2. The van der Waals surface area contributed by atoms with Crippen molar-refractivity contribution in [1.82, 2.24) is 24.4 Å². The van der Waals surface area contributed by atoms with E-state index in [1.54, 1.807) is 47.0 Å². The second-order valence-corrected chi connectivity index (χ2v) is 10.6. The highest BCUT2D eigenvalue weighted by Crippen LogP contribution is 2.24. The topological polar surface area (TPSA) is 90.2 Å². The number of hydrogen-bond acceptors (Lipinski definition) is 7. The molecule has 5 aromatic rings. The monoisotopic (exact) mass is 599 g/mol. The van der Waals surface area contributed by atoms with Crippen LogP contribution in [0.15, 0.2) is 101 Å². The molecule has 5 rings (SSSR count). The lowest BCUT2D eigenvalue weighted by Gasteiger charge is -2.20. The van der Waals surface area contributed by atoms with Gasteiger partial charge in [-0.15, -0.1) is 0 Å². The fourth-order valence-corrected chi connectivity index (χ4v) is 5.19. The van der Waals surface area contributed by atoms with Gasteiger partial charge >= 0.3 is 6.01 Å². The number of halogens is 2. The van der Waals surface area contributed by atoms with Crippen LogP contribution >= 0.6 is 11.8 Å². The number of rotatable bonds is 10. The van der Waals surface area contributed by atoms with Crippen molar-refractivity contribution in [3.63, 3.8) is 0 Å². The van der Waals surface area contributed by atoms with Crippen molar-refractivity contribution in [3.05, 3.63) is 125 Å². The van der Waals surface area contributed by atoms with E-state index in [1.165, 1.54) is 55.5 Å². The Hall–Kier alpha value is -4.90. The van der Waals surface area contributed by atoms with Crippen LogP contribution < -0.4 is 10.3 Å². The van der Waals surface area contributed by atoms with Crippen molar-refractivity contribution in [1.29, 1.82) is 0 Å². The van der Waals surface area contributed by atoms with Crippen molar-refractivity contribution in [2.75, 3.05) is 14.2 Å². The number of likely N-dealkylation sites (N-methyl/N-ethyl adjacent to an activating group) is 1. The summed E-state index contributed by atoms with van der Waals surface area (Å²) in [4.78, 5) is 40.4. The van der Waals surface area contributed by atoms with Crippen LogP contribution in [0.2, 0.25) is 0 Å². The zero-order chi connectivity index (χ0) is 30.3. The zero-order valence-corrected chi connectivity index (χ0v) is 24.2. The van der Waals surface area contributed by atoms with Crippen LogP contribution in [0, 0.1) is 11.6 Å². The largest absolute Gasteiger partial charge is 0.467 e. The van der Waals surface area contributed by atoms with Crippen LogP contribution in [0.1, 0.15) is 11.1 Å². The normalized spacial score (nSPS) is 10.9. The molecule has 218 valence electrons. The number of methoxy groups -OCH3 is 1. The molecule has 0 saturated heterocycles. The van der Waals surface area contributed by atoms with Crippen molar-refractivity contribution in [2.45, 2.75) is 24.0 Å². The third-order valence-electron chi connectivity index (χ3n) is 6.64. The maximum atomic E-state index is 13.4. The minimum absolute atomic E-state index is 0.0762. The summed E-state index contributed by atoms with van der Waals surface area (Å²) in [5.74, 6) is -0.413. The Bertz CT molecular complexity index is 1760. The summed E-state index contributed by atoms with van der Waals surface area (Å²) < 4.78 is 33.3. The molecule has 1 amide bonds. The van der Waals surface area contributed by atoms with E-state index >= 15 is 0 Å². The molecule has 3 aromatic carbocycles. The van der Waals surface area contributed by atoms with E-state index in [0.717, 1.165) is 22.3 Å². The number of benzene rings is 3. The average Bonchev–Trinajstić information content (AvgIpc) is 3.02. The first-order valence-corrected chi connectivity index (χ1v) is 14.2. The molecule has 0 radical (unpaired) electrons. The highest BCUT2D eigenvalue weighted by molar-refractivity contribution is 7.98. The Morgan fingerprint density at radius 3 is 2.02 bits per heavy atom. The summed E-state index contributed by atoms with van der Waals surface area (Å²) in [5.41, 5.74) is 3.77. The number of nitrogens with zero attached hydrogens (tertiary/aromatic N) is 5. The third-order valence-corrected chi connectivity index (χ3v) is 7.71. The summed E-state index contributed by atoms with van der Waals surface area (Å²) in [7, 11) is 3.15. The molecule has 0 spiro atoms. The zero-order valence-electron chi connectivity index (χ0n) is 23.4. The molecule has 11 heteroatoms. The highest BCUT2D eigenvalue weighted by Gasteiger charge is 2.17. The van der Waals surface area contributed by atoms with E-state index < -0.39 is 5.56 Å². The van der Waals surface area contributed by atoms with E-state index in [4.69, 9.17) is 4.74 Å². The first kappa shape index (κ1) is 29.6. The van der Waals surface area contributed by atoms with Gasteiger partial charge in [-0.05, 0) is 46.5 Å². The lowest BCUT2D eigenvalue weighted by molar-refractivity contribution is -0.131. The number of amides is 1. The summed E-state index contributed by atoms with van der Waals surface area (Å²) in [6, 6.07) is 20.2. The summed E-state index contributed by atoms with van der Waals surface area (Å²) in [5, 5.41) is 0.345. The molecule has 8 nitrogen and oxygen atoms in total. The van der Waals surface area contributed by atoms with Crippen molar-refractivity contribution < 1.29 is 18.3 Å². The molecule has 2 heterocycles. The molecule has 0 saturated carbocycles. The lowest BCUT2D eigenvalue weighted by atomic mass is 10.0. The molecule has 0 aliphatic heterocycles. The van der Waals surface area contributed by atoms with Gasteiger partial charge in [-0.3, -0.25) is 9.59 Å². The quantitative estimate of drug-likeness (QED) is 0.152. The van der Waals surface area contributed by atoms with E-state index in [-0.39, 0.29) is 35.7 Å². The van der Waals surface area contributed by atoms with Gasteiger partial charge in [-0.25, -0.2) is 18.7 Å². The van der Waals surface area contributed by atoms with E-state index in [0.29, 0.717) is 23.0 Å².